The van der Waals surface area contributed by atoms with E-state index >= 15 is 0 Å². The van der Waals surface area contributed by atoms with E-state index in [0.29, 0.717) is 16.9 Å². The number of nitrogens with zero attached hydrogens (tertiary/aromatic N) is 5. The molecule has 4 aromatic rings. The van der Waals surface area contributed by atoms with Gasteiger partial charge in [-0.1, -0.05) is 31.5 Å². The summed E-state index contributed by atoms with van der Waals surface area (Å²) in [5.74, 6) is 1.29. The molecular formula is C30H31ClN6S. The summed E-state index contributed by atoms with van der Waals surface area (Å²) in [7, 11) is 0. The molecule has 2 fully saturated rings. The minimum atomic E-state index is -0.149. The van der Waals surface area contributed by atoms with Crippen molar-refractivity contribution in [3.05, 3.63) is 102 Å². The van der Waals surface area contributed by atoms with Crippen LogP contribution in [-0.4, -0.2) is 32.7 Å². The van der Waals surface area contributed by atoms with Gasteiger partial charge < -0.3 is 19.7 Å². The number of hydrogen-bond acceptors (Lipinski definition) is 4. The van der Waals surface area contributed by atoms with Crippen LogP contribution in [0.1, 0.15) is 43.7 Å². The number of rotatable bonds is 5. The van der Waals surface area contributed by atoms with Gasteiger partial charge in [-0.3, -0.25) is 9.97 Å². The number of pyridine rings is 2. The van der Waals surface area contributed by atoms with Crippen molar-refractivity contribution in [2.24, 2.45) is 11.8 Å². The summed E-state index contributed by atoms with van der Waals surface area (Å²) in [4.78, 5) is 13.6. The zero-order valence-corrected chi connectivity index (χ0v) is 23.1. The Balaban J connectivity index is 1.42. The number of anilines is 2. The second-order valence-corrected chi connectivity index (χ2v) is 11.3. The number of halogens is 1. The molecule has 0 bridgehead atoms. The highest BCUT2D eigenvalue weighted by Crippen LogP contribution is 2.44. The Labute approximate surface area is 234 Å². The predicted molar refractivity (Wildman–Crippen MR) is 158 cm³/mol. The fourth-order valence-corrected chi connectivity index (χ4v) is 6.70. The number of hydrogen-bond donors (Lipinski definition) is 1. The summed E-state index contributed by atoms with van der Waals surface area (Å²) in [5, 5.41) is 4.95. The van der Waals surface area contributed by atoms with Gasteiger partial charge in [-0.25, -0.2) is 0 Å². The maximum Gasteiger partial charge on any atom is 0.174 e. The lowest BCUT2D eigenvalue weighted by atomic mass is 9.91. The molecule has 0 radical (unpaired) electrons. The number of thiocarbonyl (C=S) groups is 1. The number of piperidine rings is 1. The molecule has 0 aliphatic carbocycles. The summed E-state index contributed by atoms with van der Waals surface area (Å²) in [6.07, 6.45) is 8.81. The van der Waals surface area contributed by atoms with Crippen LogP contribution in [0.3, 0.4) is 0 Å². The Hall–Kier alpha value is -3.42. The van der Waals surface area contributed by atoms with Gasteiger partial charge in [-0.15, -0.1) is 0 Å². The Morgan fingerprint density at radius 2 is 1.79 bits per heavy atom. The molecule has 1 aromatic carbocycles. The maximum atomic E-state index is 6.98. The molecule has 6 nitrogen and oxygen atoms in total. The van der Waals surface area contributed by atoms with Crippen LogP contribution < -0.4 is 15.1 Å². The van der Waals surface area contributed by atoms with Crippen molar-refractivity contribution in [2.45, 2.75) is 32.4 Å². The molecular weight excluding hydrogens is 512 g/mol. The Morgan fingerprint density at radius 3 is 2.50 bits per heavy atom. The van der Waals surface area contributed by atoms with Crippen molar-refractivity contribution in [2.75, 3.05) is 22.9 Å². The van der Waals surface area contributed by atoms with E-state index in [4.69, 9.17) is 23.8 Å². The van der Waals surface area contributed by atoms with Gasteiger partial charge in [0.15, 0.2) is 5.11 Å². The van der Waals surface area contributed by atoms with E-state index in [1.807, 2.05) is 36.7 Å². The lowest BCUT2D eigenvalue weighted by Gasteiger charge is -2.37. The van der Waals surface area contributed by atoms with Crippen LogP contribution in [0.25, 0.3) is 5.69 Å². The van der Waals surface area contributed by atoms with E-state index in [1.54, 1.807) is 6.20 Å². The average Bonchev–Trinajstić information content (AvgIpc) is 3.53. The van der Waals surface area contributed by atoms with Gasteiger partial charge in [-0.2, -0.15) is 0 Å². The molecule has 0 unspecified atom stereocenters. The Kier molecular flexibility index (Phi) is 6.80. The van der Waals surface area contributed by atoms with Crippen molar-refractivity contribution in [3.63, 3.8) is 0 Å². The molecule has 8 heteroatoms. The molecule has 2 aliphatic rings. The highest BCUT2D eigenvalue weighted by molar-refractivity contribution is 7.80. The predicted octanol–water partition coefficient (Wildman–Crippen LogP) is 6.58. The topological polar surface area (TPSA) is 49.2 Å². The fourth-order valence-electron chi connectivity index (χ4n) is 6.06. The van der Waals surface area contributed by atoms with Crippen LogP contribution in [0, 0.1) is 11.8 Å². The van der Waals surface area contributed by atoms with E-state index in [1.165, 1.54) is 6.42 Å². The highest BCUT2D eigenvalue weighted by atomic mass is 35.5. The van der Waals surface area contributed by atoms with Crippen molar-refractivity contribution < 1.29 is 0 Å². The second-order valence-electron chi connectivity index (χ2n) is 10.5. The third kappa shape index (κ3) is 4.65. The van der Waals surface area contributed by atoms with Crippen molar-refractivity contribution >= 4 is 40.3 Å². The Bertz CT molecular complexity index is 1420. The molecule has 5 heterocycles. The number of benzene rings is 1. The molecule has 6 rings (SSSR count). The summed E-state index contributed by atoms with van der Waals surface area (Å²) in [6.45, 7) is 6.68. The maximum absolute atomic E-state index is 6.98. The SMILES string of the molecule is C[C@H]1C[C@H](C)CN(c2ccc(N3C(=S)N[C@@H](c4ccccn4)[C@@H]3c3cccn3-c3cccnc3)cc2Cl)C1. The molecule has 38 heavy (non-hydrogen) atoms. The van der Waals surface area contributed by atoms with E-state index in [2.05, 4.69) is 86.1 Å². The normalized spacial score (nSPS) is 23.5. The highest BCUT2D eigenvalue weighted by Gasteiger charge is 2.42. The third-order valence-corrected chi connectivity index (χ3v) is 8.14. The first kappa shape index (κ1) is 24.9. The lowest BCUT2D eigenvalue weighted by Crippen LogP contribution is -2.38. The molecule has 0 saturated carbocycles. The summed E-state index contributed by atoms with van der Waals surface area (Å²) in [5.41, 5.74) is 5.05. The summed E-state index contributed by atoms with van der Waals surface area (Å²) in [6, 6.07) is 20.3. The van der Waals surface area contributed by atoms with Crippen LogP contribution in [-0.2, 0) is 0 Å². The molecule has 2 aliphatic heterocycles. The molecule has 4 atom stereocenters. The third-order valence-electron chi connectivity index (χ3n) is 7.52. The molecule has 1 N–H and O–H groups in total. The second kappa shape index (κ2) is 10.4. The van der Waals surface area contributed by atoms with Gasteiger partial charge in [0.2, 0.25) is 0 Å². The zero-order valence-electron chi connectivity index (χ0n) is 21.5. The summed E-state index contributed by atoms with van der Waals surface area (Å²) >= 11 is 12.9. The quantitative estimate of drug-likeness (QED) is 0.287. The van der Waals surface area contributed by atoms with Gasteiger partial charge in [0, 0.05) is 43.1 Å². The fraction of sp³-hybridized carbons (Fsp3) is 0.300. The van der Waals surface area contributed by atoms with Crippen LogP contribution >= 0.6 is 23.8 Å². The first-order valence-corrected chi connectivity index (χ1v) is 13.9. The molecule has 194 valence electrons. The Morgan fingerprint density at radius 1 is 0.947 bits per heavy atom. The standard InChI is InChI=1S/C30H31ClN6S/c1-20-15-21(2)19-35(18-20)26-11-10-22(16-24(26)31)37-29(28(34-30(37)38)25-8-3-4-13-33-25)27-9-6-14-36(27)23-7-5-12-32-17-23/h3-14,16-17,20-21,28-29H,15,18-19H2,1-2H3,(H,34,38)/t20-,21-,28-,29-/m0/s1. The van der Waals surface area contributed by atoms with Crippen molar-refractivity contribution in [1.82, 2.24) is 19.9 Å². The van der Waals surface area contributed by atoms with Crippen LogP contribution in [0.15, 0.2) is 85.5 Å². The zero-order chi connectivity index (χ0) is 26.2. The monoisotopic (exact) mass is 542 g/mol. The summed E-state index contributed by atoms with van der Waals surface area (Å²) < 4.78 is 2.17. The van der Waals surface area contributed by atoms with Gasteiger partial charge in [0.25, 0.3) is 0 Å². The lowest BCUT2D eigenvalue weighted by molar-refractivity contribution is 0.357. The molecule has 2 saturated heterocycles. The van der Waals surface area contributed by atoms with Gasteiger partial charge in [0.1, 0.15) is 6.04 Å². The first-order valence-electron chi connectivity index (χ1n) is 13.1. The van der Waals surface area contributed by atoms with Crippen molar-refractivity contribution in [1.29, 1.82) is 0 Å². The minimum Gasteiger partial charge on any atom is -0.370 e. The van der Waals surface area contributed by atoms with Crippen LogP contribution in [0.2, 0.25) is 5.02 Å². The smallest absolute Gasteiger partial charge is 0.174 e. The van der Waals surface area contributed by atoms with Crippen LogP contribution in [0.5, 0.6) is 0 Å². The molecule has 0 amide bonds. The molecule has 0 spiro atoms. The largest absolute Gasteiger partial charge is 0.370 e. The average molecular weight is 543 g/mol. The number of aromatic nitrogens is 3. The number of nitrogens with one attached hydrogen (secondary N) is 1. The van der Waals surface area contributed by atoms with E-state index in [9.17, 15) is 0 Å². The van der Waals surface area contributed by atoms with Crippen LogP contribution in [0.4, 0.5) is 11.4 Å². The van der Waals surface area contributed by atoms with Gasteiger partial charge in [-0.05, 0) is 85.1 Å². The van der Waals surface area contributed by atoms with E-state index < -0.39 is 0 Å². The molecule has 3 aromatic heterocycles. The van der Waals surface area contributed by atoms with Crippen molar-refractivity contribution in [3.8, 4) is 5.69 Å². The van der Waals surface area contributed by atoms with Gasteiger partial charge >= 0.3 is 0 Å². The van der Waals surface area contributed by atoms with E-state index in [0.717, 1.165) is 46.6 Å². The van der Waals surface area contributed by atoms with Gasteiger partial charge in [0.05, 0.1) is 34.3 Å². The van der Waals surface area contributed by atoms with E-state index in [-0.39, 0.29) is 12.1 Å². The minimum absolute atomic E-state index is 0.142. The first-order chi connectivity index (χ1) is 18.5.